The normalized spacial score (nSPS) is 13.5. The summed E-state index contributed by atoms with van der Waals surface area (Å²) in [5.41, 5.74) is 0.921. The second-order valence-corrected chi connectivity index (χ2v) is 5.81. The van der Waals surface area contributed by atoms with Gasteiger partial charge in [0.15, 0.2) is 0 Å². The molecule has 0 bridgehead atoms. The highest BCUT2D eigenvalue weighted by atomic mass is 35.5. The highest BCUT2D eigenvalue weighted by molar-refractivity contribution is 6.34. The molecule has 1 aliphatic carbocycles. The van der Waals surface area contributed by atoms with E-state index in [1.807, 2.05) is 0 Å². The minimum absolute atomic E-state index is 0.198. The van der Waals surface area contributed by atoms with Crippen molar-refractivity contribution in [2.24, 2.45) is 0 Å². The monoisotopic (exact) mass is 332 g/mol. The Labute approximate surface area is 137 Å². The zero-order valence-electron chi connectivity index (χ0n) is 12.1. The summed E-state index contributed by atoms with van der Waals surface area (Å²) in [6, 6.07) is 10.2. The van der Waals surface area contributed by atoms with Crippen molar-refractivity contribution in [3.63, 3.8) is 0 Å². The maximum absolute atomic E-state index is 13.2. The van der Waals surface area contributed by atoms with Crippen molar-refractivity contribution in [1.82, 2.24) is 5.32 Å². The summed E-state index contributed by atoms with van der Waals surface area (Å²) in [5.74, 6) is -1.21. The predicted molar refractivity (Wildman–Crippen MR) is 86.3 cm³/mol. The van der Waals surface area contributed by atoms with Crippen molar-refractivity contribution < 1.29 is 14.0 Å². The van der Waals surface area contributed by atoms with Gasteiger partial charge in [-0.15, -0.1) is 0 Å². The second-order valence-electron chi connectivity index (χ2n) is 5.41. The Morgan fingerprint density at radius 3 is 2.57 bits per heavy atom. The van der Waals surface area contributed by atoms with Crippen LogP contribution in [0.15, 0.2) is 42.5 Å². The van der Waals surface area contributed by atoms with Crippen LogP contribution in [-0.4, -0.2) is 17.9 Å². The molecule has 2 aromatic carbocycles. The number of nitrogens with one attached hydrogen (secondary N) is 2. The van der Waals surface area contributed by atoms with Crippen molar-refractivity contribution >= 4 is 29.1 Å². The molecule has 0 heterocycles. The molecule has 1 aliphatic rings. The van der Waals surface area contributed by atoms with Crippen molar-refractivity contribution in [3.8, 4) is 0 Å². The van der Waals surface area contributed by atoms with Gasteiger partial charge in [-0.05, 0) is 49.2 Å². The quantitative estimate of drug-likeness (QED) is 0.898. The molecular weight excluding hydrogens is 319 g/mol. The zero-order valence-corrected chi connectivity index (χ0v) is 12.9. The number of carbonyl (C=O) groups is 2. The summed E-state index contributed by atoms with van der Waals surface area (Å²) >= 11 is 6.05. The first kappa shape index (κ1) is 15.5. The predicted octanol–water partition coefficient (Wildman–Crippen LogP) is 3.62. The van der Waals surface area contributed by atoms with E-state index in [4.69, 9.17) is 11.6 Å². The van der Waals surface area contributed by atoms with E-state index in [1.54, 1.807) is 12.1 Å². The van der Waals surface area contributed by atoms with Gasteiger partial charge in [-0.25, -0.2) is 4.39 Å². The van der Waals surface area contributed by atoms with E-state index in [0.29, 0.717) is 16.3 Å². The Hall–Kier alpha value is -2.40. The fourth-order valence-electron chi connectivity index (χ4n) is 2.10. The molecule has 1 saturated carbocycles. The molecule has 0 spiro atoms. The van der Waals surface area contributed by atoms with Gasteiger partial charge in [0.05, 0.1) is 10.6 Å². The van der Waals surface area contributed by atoms with Crippen LogP contribution in [0.5, 0.6) is 0 Å². The summed E-state index contributed by atoms with van der Waals surface area (Å²) in [4.78, 5) is 24.2. The smallest absolute Gasteiger partial charge is 0.255 e. The fourth-order valence-corrected chi connectivity index (χ4v) is 2.30. The van der Waals surface area contributed by atoms with Crippen LogP contribution < -0.4 is 10.6 Å². The summed E-state index contributed by atoms with van der Waals surface area (Å²) in [5, 5.41) is 5.79. The fraction of sp³-hybridized carbons (Fsp3) is 0.176. The molecule has 0 aliphatic heterocycles. The molecule has 23 heavy (non-hydrogen) atoms. The van der Waals surface area contributed by atoms with Gasteiger partial charge in [-0.2, -0.15) is 0 Å². The summed E-state index contributed by atoms with van der Waals surface area (Å²) in [6.45, 7) is 0. The van der Waals surface area contributed by atoms with Gasteiger partial charge in [-0.1, -0.05) is 17.7 Å². The number of halogens is 2. The van der Waals surface area contributed by atoms with Crippen molar-refractivity contribution in [1.29, 1.82) is 0 Å². The van der Waals surface area contributed by atoms with E-state index in [0.717, 1.165) is 18.9 Å². The number of hydrogen-bond donors (Lipinski definition) is 2. The van der Waals surface area contributed by atoms with Gasteiger partial charge in [0.25, 0.3) is 11.8 Å². The van der Waals surface area contributed by atoms with Gasteiger partial charge >= 0.3 is 0 Å². The molecule has 118 valence electrons. The van der Waals surface area contributed by atoms with E-state index in [2.05, 4.69) is 10.6 Å². The molecule has 1 fully saturated rings. The van der Waals surface area contributed by atoms with Crippen molar-refractivity contribution in [2.75, 3.05) is 5.32 Å². The lowest BCUT2D eigenvalue weighted by molar-refractivity contribution is 0.0949. The number of rotatable bonds is 4. The van der Waals surface area contributed by atoms with Crippen LogP contribution in [-0.2, 0) is 0 Å². The lowest BCUT2D eigenvalue weighted by Gasteiger charge is -2.10. The molecule has 3 rings (SSSR count). The van der Waals surface area contributed by atoms with Crippen LogP contribution in [0, 0.1) is 5.82 Å². The highest BCUT2D eigenvalue weighted by Crippen LogP contribution is 2.24. The largest absolute Gasteiger partial charge is 0.349 e. The Kier molecular flexibility index (Phi) is 4.30. The second kappa shape index (κ2) is 6.38. The molecule has 2 aromatic rings. The molecule has 0 aromatic heterocycles. The summed E-state index contributed by atoms with van der Waals surface area (Å²) < 4.78 is 13.2. The topological polar surface area (TPSA) is 58.2 Å². The molecule has 0 unspecified atom stereocenters. The molecule has 0 saturated heterocycles. The Morgan fingerprint density at radius 2 is 1.87 bits per heavy atom. The van der Waals surface area contributed by atoms with Crippen LogP contribution in [0.3, 0.4) is 0 Å². The third-order valence-electron chi connectivity index (χ3n) is 3.47. The van der Waals surface area contributed by atoms with E-state index < -0.39 is 11.7 Å². The minimum Gasteiger partial charge on any atom is -0.349 e. The third kappa shape index (κ3) is 3.87. The first-order valence-corrected chi connectivity index (χ1v) is 7.58. The Morgan fingerprint density at radius 1 is 1.09 bits per heavy atom. The molecular formula is C17H14ClFN2O2. The lowest BCUT2D eigenvalue weighted by Crippen LogP contribution is -2.25. The van der Waals surface area contributed by atoms with Gasteiger partial charge in [-0.3, -0.25) is 9.59 Å². The Bertz CT molecular complexity index is 775. The van der Waals surface area contributed by atoms with Crippen LogP contribution in [0.1, 0.15) is 33.6 Å². The molecule has 6 heteroatoms. The van der Waals surface area contributed by atoms with Crippen molar-refractivity contribution in [2.45, 2.75) is 18.9 Å². The van der Waals surface area contributed by atoms with Crippen LogP contribution in [0.2, 0.25) is 5.02 Å². The average Bonchev–Trinajstić information content (AvgIpc) is 3.33. The SMILES string of the molecule is O=C(Nc1ccc(Cl)c(C(=O)NC2CC2)c1)c1cccc(F)c1. The number of anilines is 1. The van der Waals surface area contributed by atoms with Gasteiger partial charge in [0, 0.05) is 17.3 Å². The van der Waals surface area contributed by atoms with Crippen LogP contribution >= 0.6 is 11.6 Å². The molecule has 0 atom stereocenters. The number of hydrogen-bond acceptors (Lipinski definition) is 2. The average molecular weight is 333 g/mol. The van der Waals surface area contributed by atoms with Gasteiger partial charge < -0.3 is 10.6 Å². The van der Waals surface area contributed by atoms with Crippen LogP contribution in [0.4, 0.5) is 10.1 Å². The van der Waals surface area contributed by atoms with E-state index in [9.17, 15) is 14.0 Å². The van der Waals surface area contributed by atoms with Crippen LogP contribution in [0.25, 0.3) is 0 Å². The first-order valence-electron chi connectivity index (χ1n) is 7.20. The maximum atomic E-state index is 13.2. The Balaban J connectivity index is 1.77. The lowest BCUT2D eigenvalue weighted by atomic mass is 10.1. The molecule has 2 amide bonds. The summed E-state index contributed by atoms with van der Waals surface area (Å²) in [6.07, 6.45) is 1.94. The highest BCUT2D eigenvalue weighted by Gasteiger charge is 2.24. The molecule has 2 N–H and O–H groups in total. The zero-order chi connectivity index (χ0) is 16.4. The standard InChI is InChI=1S/C17H14ClFN2O2/c18-15-7-6-13(9-14(15)17(23)20-12-4-5-12)21-16(22)10-2-1-3-11(19)8-10/h1-3,6-9,12H,4-5H2,(H,20,23)(H,21,22). The number of benzene rings is 2. The van der Waals surface area contributed by atoms with E-state index in [-0.39, 0.29) is 17.5 Å². The van der Waals surface area contributed by atoms with E-state index in [1.165, 1.54) is 24.3 Å². The first-order chi connectivity index (χ1) is 11.0. The van der Waals surface area contributed by atoms with E-state index >= 15 is 0 Å². The maximum Gasteiger partial charge on any atom is 0.255 e. The molecule has 0 radical (unpaired) electrons. The summed E-state index contributed by atoms with van der Waals surface area (Å²) in [7, 11) is 0. The molecule has 4 nitrogen and oxygen atoms in total. The third-order valence-corrected chi connectivity index (χ3v) is 3.80. The number of carbonyl (C=O) groups excluding carboxylic acids is 2. The van der Waals surface area contributed by atoms with Crippen molar-refractivity contribution in [3.05, 3.63) is 64.4 Å². The number of amides is 2. The minimum atomic E-state index is -0.488. The van der Waals surface area contributed by atoms with Gasteiger partial charge in [0.1, 0.15) is 5.82 Å². The van der Waals surface area contributed by atoms with Gasteiger partial charge in [0.2, 0.25) is 0 Å².